The zero-order valence-corrected chi connectivity index (χ0v) is 10.2. The van der Waals surface area contributed by atoms with E-state index in [0.717, 1.165) is 17.5 Å². The molecule has 1 atom stereocenters. The summed E-state index contributed by atoms with van der Waals surface area (Å²) in [7, 11) is -3.38. The van der Waals surface area contributed by atoms with Gasteiger partial charge in [-0.1, -0.05) is 18.1 Å². The number of hydrogen-bond donors (Lipinski definition) is 0. The summed E-state index contributed by atoms with van der Waals surface area (Å²) in [6, 6.07) is 7.40. The van der Waals surface area contributed by atoms with Gasteiger partial charge in [-0.3, -0.25) is 4.18 Å². The first kappa shape index (κ1) is 12.2. The Morgan fingerprint density at radius 2 is 2.06 bits per heavy atom. The van der Waals surface area contributed by atoms with E-state index in [0.29, 0.717) is 19.4 Å². The first-order chi connectivity index (χ1) is 8.12. The molecule has 0 N–H and O–H groups in total. The third kappa shape index (κ3) is 2.87. The lowest BCUT2D eigenvalue weighted by atomic mass is 10.0. The van der Waals surface area contributed by atoms with E-state index in [1.165, 1.54) is 0 Å². The number of hydrogen-bond acceptors (Lipinski definition) is 3. The highest BCUT2D eigenvalue weighted by molar-refractivity contribution is 7.87. The van der Waals surface area contributed by atoms with Crippen LogP contribution in [-0.2, 0) is 20.7 Å². The summed E-state index contributed by atoms with van der Waals surface area (Å²) in [6.45, 7) is 0.314. The van der Waals surface area contributed by atoms with Crippen LogP contribution in [0.5, 0.6) is 0 Å². The summed E-state index contributed by atoms with van der Waals surface area (Å²) in [5.41, 5.74) is 1.78. The summed E-state index contributed by atoms with van der Waals surface area (Å²) < 4.78 is 28.1. The van der Waals surface area contributed by atoms with Gasteiger partial charge in [0.25, 0.3) is 10.1 Å². The van der Waals surface area contributed by atoms with Crippen LogP contribution in [0.4, 0.5) is 0 Å². The normalized spacial score (nSPS) is 22.9. The molecule has 1 unspecified atom stereocenters. The van der Waals surface area contributed by atoms with E-state index in [4.69, 9.17) is 10.6 Å². The van der Waals surface area contributed by atoms with Gasteiger partial charge in [-0.05, 0) is 37.0 Å². The van der Waals surface area contributed by atoms with Crippen molar-refractivity contribution in [2.45, 2.75) is 24.5 Å². The van der Waals surface area contributed by atoms with Gasteiger partial charge in [-0.2, -0.15) is 8.42 Å². The maximum Gasteiger partial charge on any atom is 0.270 e. The van der Waals surface area contributed by atoms with E-state index in [2.05, 4.69) is 5.92 Å². The van der Waals surface area contributed by atoms with Gasteiger partial charge in [0, 0.05) is 5.56 Å². The van der Waals surface area contributed by atoms with Crippen LogP contribution in [0.3, 0.4) is 0 Å². The van der Waals surface area contributed by atoms with E-state index in [1.54, 1.807) is 0 Å². The van der Waals surface area contributed by atoms with Crippen molar-refractivity contribution >= 4 is 10.1 Å². The molecular formula is C13H14O3S. The first-order valence-electron chi connectivity index (χ1n) is 5.55. The predicted molar refractivity (Wildman–Crippen MR) is 66.0 cm³/mol. The number of terminal acetylenes is 1. The molecule has 3 nitrogen and oxygen atoms in total. The SMILES string of the molecule is C#Cc1ccc(CC2CCCOS2(=O)=O)cc1. The molecule has 17 heavy (non-hydrogen) atoms. The number of benzene rings is 1. The lowest BCUT2D eigenvalue weighted by Crippen LogP contribution is -2.30. The molecule has 0 saturated carbocycles. The Morgan fingerprint density at radius 3 is 2.65 bits per heavy atom. The maximum absolute atomic E-state index is 11.7. The fraction of sp³-hybridized carbons (Fsp3) is 0.385. The quantitative estimate of drug-likeness (QED) is 0.593. The summed E-state index contributed by atoms with van der Waals surface area (Å²) in [6.07, 6.45) is 7.22. The standard InChI is InChI=1S/C13H14O3S/c1-2-11-5-7-12(8-6-11)10-13-4-3-9-16-17(13,14)15/h1,5-8,13H,3-4,9-10H2. The van der Waals surface area contributed by atoms with Crippen molar-refractivity contribution in [1.82, 2.24) is 0 Å². The van der Waals surface area contributed by atoms with Gasteiger partial charge in [0.1, 0.15) is 0 Å². The molecule has 90 valence electrons. The van der Waals surface area contributed by atoms with Crippen molar-refractivity contribution < 1.29 is 12.6 Å². The monoisotopic (exact) mass is 250 g/mol. The van der Waals surface area contributed by atoms with Crippen molar-refractivity contribution in [3.8, 4) is 12.3 Å². The van der Waals surface area contributed by atoms with Gasteiger partial charge in [-0.25, -0.2) is 0 Å². The topological polar surface area (TPSA) is 43.4 Å². The van der Waals surface area contributed by atoms with E-state index >= 15 is 0 Å². The summed E-state index contributed by atoms with van der Waals surface area (Å²) >= 11 is 0. The lowest BCUT2D eigenvalue weighted by Gasteiger charge is -2.21. The molecule has 1 aromatic rings. The Bertz CT molecular complexity index is 523. The third-order valence-electron chi connectivity index (χ3n) is 2.91. The van der Waals surface area contributed by atoms with Gasteiger partial charge in [0.2, 0.25) is 0 Å². The molecule has 2 rings (SSSR count). The average Bonchev–Trinajstić information content (AvgIpc) is 2.33. The van der Waals surface area contributed by atoms with Gasteiger partial charge < -0.3 is 0 Å². The Hall–Kier alpha value is -1.31. The minimum absolute atomic E-state index is 0.314. The van der Waals surface area contributed by atoms with Gasteiger partial charge in [0.15, 0.2) is 0 Å². The van der Waals surface area contributed by atoms with Gasteiger partial charge in [-0.15, -0.1) is 6.42 Å². The van der Waals surface area contributed by atoms with Gasteiger partial charge in [0.05, 0.1) is 11.9 Å². The van der Waals surface area contributed by atoms with Crippen LogP contribution in [0, 0.1) is 12.3 Å². The Kier molecular flexibility index (Phi) is 3.51. The third-order valence-corrected chi connectivity index (χ3v) is 4.62. The molecule has 1 aliphatic heterocycles. The molecule has 1 aromatic carbocycles. The molecule has 0 bridgehead atoms. The molecule has 1 aliphatic rings. The van der Waals surface area contributed by atoms with Crippen molar-refractivity contribution in [2.75, 3.05) is 6.61 Å². The Labute approximate surface area is 102 Å². The molecule has 0 aromatic heterocycles. The van der Waals surface area contributed by atoms with Crippen LogP contribution < -0.4 is 0 Å². The molecule has 0 spiro atoms. The van der Waals surface area contributed by atoms with E-state index in [1.807, 2.05) is 24.3 Å². The highest BCUT2D eigenvalue weighted by Gasteiger charge is 2.29. The zero-order chi connectivity index (χ0) is 12.3. The zero-order valence-electron chi connectivity index (χ0n) is 9.43. The maximum atomic E-state index is 11.7. The van der Waals surface area contributed by atoms with Crippen molar-refractivity contribution in [2.24, 2.45) is 0 Å². The van der Waals surface area contributed by atoms with Crippen LogP contribution >= 0.6 is 0 Å². The second-order valence-corrected chi connectivity index (χ2v) is 6.01. The minimum Gasteiger partial charge on any atom is -0.270 e. The van der Waals surface area contributed by atoms with Crippen LogP contribution in [0.2, 0.25) is 0 Å². The molecule has 4 heteroatoms. The van der Waals surface area contributed by atoms with Crippen LogP contribution in [-0.4, -0.2) is 20.3 Å². The average molecular weight is 250 g/mol. The molecule has 1 saturated heterocycles. The van der Waals surface area contributed by atoms with E-state index in [9.17, 15) is 8.42 Å². The largest absolute Gasteiger partial charge is 0.270 e. The summed E-state index contributed by atoms with van der Waals surface area (Å²) in [5, 5.41) is -0.423. The smallest absolute Gasteiger partial charge is 0.270 e. The lowest BCUT2D eigenvalue weighted by molar-refractivity contribution is 0.274. The highest BCUT2D eigenvalue weighted by atomic mass is 32.2. The fourth-order valence-corrected chi connectivity index (χ4v) is 3.33. The first-order valence-corrected chi connectivity index (χ1v) is 7.03. The minimum atomic E-state index is -3.38. The van der Waals surface area contributed by atoms with Crippen molar-refractivity contribution in [3.05, 3.63) is 35.4 Å². The Balaban J connectivity index is 2.12. The van der Waals surface area contributed by atoms with Crippen LogP contribution in [0.25, 0.3) is 0 Å². The molecule has 0 aliphatic carbocycles. The molecule has 0 amide bonds. The highest BCUT2D eigenvalue weighted by Crippen LogP contribution is 2.21. The second-order valence-electron chi connectivity index (χ2n) is 4.12. The van der Waals surface area contributed by atoms with E-state index < -0.39 is 15.4 Å². The molecule has 0 radical (unpaired) electrons. The predicted octanol–water partition coefficient (Wildman–Crippen LogP) is 1.72. The summed E-state index contributed by atoms with van der Waals surface area (Å²) in [4.78, 5) is 0. The van der Waals surface area contributed by atoms with Crippen molar-refractivity contribution in [1.29, 1.82) is 0 Å². The molecule has 1 heterocycles. The molecular weight excluding hydrogens is 236 g/mol. The van der Waals surface area contributed by atoms with Crippen LogP contribution in [0.15, 0.2) is 24.3 Å². The second kappa shape index (κ2) is 4.91. The van der Waals surface area contributed by atoms with Crippen LogP contribution in [0.1, 0.15) is 24.0 Å². The van der Waals surface area contributed by atoms with Gasteiger partial charge >= 0.3 is 0 Å². The molecule has 1 fully saturated rings. The Morgan fingerprint density at radius 1 is 1.35 bits per heavy atom. The van der Waals surface area contributed by atoms with Crippen molar-refractivity contribution in [3.63, 3.8) is 0 Å². The fourth-order valence-electron chi connectivity index (χ4n) is 1.93. The van der Waals surface area contributed by atoms with E-state index in [-0.39, 0.29) is 0 Å². The number of rotatable bonds is 2. The summed E-state index contributed by atoms with van der Waals surface area (Å²) in [5.74, 6) is 2.53.